The standard InChI is InChI=1S/C13H21N5/c1-3-5-17-9-11(7-16-17)13-8-15-10-18(13)12(4-2)6-14/h7-10,12H,3-6,14H2,1-2H3. The molecule has 2 aromatic rings. The van der Waals surface area contributed by atoms with E-state index >= 15 is 0 Å². The van der Waals surface area contributed by atoms with Gasteiger partial charge in [0.1, 0.15) is 0 Å². The van der Waals surface area contributed by atoms with E-state index in [4.69, 9.17) is 5.73 Å². The van der Waals surface area contributed by atoms with Gasteiger partial charge in [-0.25, -0.2) is 4.98 Å². The summed E-state index contributed by atoms with van der Waals surface area (Å²) >= 11 is 0. The quantitative estimate of drug-likeness (QED) is 0.850. The lowest BCUT2D eigenvalue weighted by atomic mass is 10.2. The normalized spacial score (nSPS) is 12.8. The smallest absolute Gasteiger partial charge is 0.0954 e. The molecule has 0 aliphatic carbocycles. The Morgan fingerprint density at radius 1 is 1.33 bits per heavy atom. The third kappa shape index (κ3) is 2.46. The van der Waals surface area contributed by atoms with Crippen molar-refractivity contribution in [3.05, 3.63) is 24.9 Å². The highest BCUT2D eigenvalue weighted by molar-refractivity contribution is 5.56. The second-order valence-electron chi connectivity index (χ2n) is 4.48. The van der Waals surface area contributed by atoms with Crippen LogP contribution in [0.1, 0.15) is 32.7 Å². The van der Waals surface area contributed by atoms with Crippen molar-refractivity contribution < 1.29 is 0 Å². The van der Waals surface area contributed by atoms with Gasteiger partial charge in [0.05, 0.1) is 24.4 Å². The summed E-state index contributed by atoms with van der Waals surface area (Å²) < 4.78 is 4.11. The van der Waals surface area contributed by atoms with E-state index in [1.807, 2.05) is 23.4 Å². The van der Waals surface area contributed by atoms with Gasteiger partial charge in [-0.15, -0.1) is 0 Å². The first-order valence-electron chi connectivity index (χ1n) is 6.54. The van der Waals surface area contributed by atoms with Crippen LogP contribution in [0.4, 0.5) is 0 Å². The second kappa shape index (κ2) is 5.82. The van der Waals surface area contributed by atoms with Gasteiger partial charge >= 0.3 is 0 Å². The van der Waals surface area contributed by atoms with Gasteiger partial charge in [0.2, 0.25) is 0 Å². The molecule has 5 heteroatoms. The SMILES string of the molecule is CCCn1cc(-c2cncn2C(CC)CN)cn1. The van der Waals surface area contributed by atoms with Crippen LogP contribution in [-0.2, 0) is 6.54 Å². The molecular weight excluding hydrogens is 226 g/mol. The molecule has 0 aliphatic heterocycles. The fraction of sp³-hybridized carbons (Fsp3) is 0.538. The minimum Gasteiger partial charge on any atom is -0.328 e. The van der Waals surface area contributed by atoms with Crippen LogP contribution in [0.5, 0.6) is 0 Å². The zero-order valence-electron chi connectivity index (χ0n) is 11.1. The number of hydrogen-bond donors (Lipinski definition) is 1. The summed E-state index contributed by atoms with van der Waals surface area (Å²) in [6.45, 7) is 5.86. The Labute approximate surface area is 108 Å². The van der Waals surface area contributed by atoms with Crippen molar-refractivity contribution >= 4 is 0 Å². The second-order valence-corrected chi connectivity index (χ2v) is 4.48. The van der Waals surface area contributed by atoms with Crippen molar-refractivity contribution in [2.75, 3.05) is 6.54 Å². The number of nitrogens with two attached hydrogens (primary N) is 1. The van der Waals surface area contributed by atoms with Crippen LogP contribution in [0.2, 0.25) is 0 Å². The van der Waals surface area contributed by atoms with Crippen LogP contribution in [0.25, 0.3) is 11.3 Å². The molecule has 18 heavy (non-hydrogen) atoms. The maximum Gasteiger partial charge on any atom is 0.0954 e. The molecule has 0 aromatic carbocycles. The monoisotopic (exact) mass is 247 g/mol. The summed E-state index contributed by atoms with van der Waals surface area (Å²) in [6.07, 6.45) is 9.79. The molecule has 2 heterocycles. The molecule has 0 saturated heterocycles. The average Bonchev–Trinajstić information content (AvgIpc) is 3.00. The molecule has 98 valence electrons. The van der Waals surface area contributed by atoms with Crippen molar-refractivity contribution in [3.8, 4) is 11.3 Å². The van der Waals surface area contributed by atoms with Crippen LogP contribution >= 0.6 is 0 Å². The van der Waals surface area contributed by atoms with Gasteiger partial charge in [-0.1, -0.05) is 13.8 Å². The van der Waals surface area contributed by atoms with Gasteiger partial charge < -0.3 is 10.3 Å². The van der Waals surface area contributed by atoms with Gasteiger partial charge in [-0.2, -0.15) is 5.10 Å². The Hall–Kier alpha value is -1.62. The zero-order chi connectivity index (χ0) is 13.0. The largest absolute Gasteiger partial charge is 0.328 e. The molecule has 5 nitrogen and oxygen atoms in total. The summed E-state index contributed by atoms with van der Waals surface area (Å²) in [5.41, 5.74) is 8.00. The Morgan fingerprint density at radius 3 is 2.83 bits per heavy atom. The highest BCUT2D eigenvalue weighted by atomic mass is 15.3. The Bertz CT molecular complexity index is 481. The Morgan fingerprint density at radius 2 is 2.17 bits per heavy atom. The van der Waals surface area contributed by atoms with E-state index in [0.29, 0.717) is 12.6 Å². The van der Waals surface area contributed by atoms with Crippen molar-refractivity contribution in [2.24, 2.45) is 5.73 Å². The van der Waals surface area contributed by atoms with E-state index in [9.17, 15) is 0 Å². The fourth-order valence-corrected chi connectivity index (χ4v) is 2.14. The van der Waals surface area contributed by atoms with Crippen LogP contribution < -0.4 is 5.73 Å². The third-order valence-electron chi connectivity index (χ3n) is 3.18. The van der Waals surface area contributed by atoms with E-state index < -0.39 is 0 Å². The molecule has 0 radical (unpaired) electrons. The van der Waals surface area contributed by atoms with Crippen LogP contribution in [0.15, 0.2) is 24.9 Å². The molecule has 0 fully saturated rings. The van der Waals surface area contributed by atoms with Gasteiger partial charge in [-0.05, 0) is 12.8 Å². The highest BCUT2D eigenvalue weighted by Crippen LogP contribution is 2.23. The number of nitrogens with zero attached hydrogens (tertiary/aromatic N) is 4. The summed E-state index contributed by atoms with van der Waals surface area (Å²) in [6, 6.07) is 0.303. The van der Waals surface area contributed by atoms with E-state index in [2.05, 4.69) is 34.7 Å². The minimum absolute atomic E-state index is 0.303. The molecule has 2 rings (SSSR count). The van der Waals surface area contributed by atoms with E-state index in [1.54, 1.807) is 0 Å². The van der Waals surface area contributed by atoms with Crippen molar-refractivity contribution in [1.29, 1.82) is 0 Å². The topological polar surface area (TPSA) is 61.7 Å². The Balaban J connectivity index is 2.29. The molecule has 0 amide bonds. The third-order valence-corrected chi connectivity index (χ3v) is 3.18. The first kappa shape index (κ1) is 12.8. The first-order valence-corrected chi connectivity index (χ1v) is 6.54. The van der Waals surface area contributed by atoms with Crippen molar-refractivity contribution in [2.45, 2.75) is 39.3 Å². The van der Waals surface area contributed by atoms with Crippen LogP contribution in [0, 0.1) is 0 Å². The number of hydrogen-bond acceptors (Lipinski definition) is 3. The van der Waals surface area contributed by atoms with Gasteiger partial charge in [0.25, 0.3) is 0 Å². The van der Waals surface area contributed by atoms with Crippen molar-refractivity contribution in [3.63, 3.8) is 0 Å². The number of aromatic nitrogens is 4. The maximum absolute atomic E-state index is 5.80. The first-order chi connectivity index (χ1) is 8.80. The van der Waals surface area contributed by atoms with Gasteiger partial charge in [-0.3, -0.25) is 4.68 Å². The molecule has 0 spiro atoms. The number of imidazole rings is 1. The lowest BCUT2D eigenvalue weighted by molar-refractivity contribution is 0.500. The predicted octanol–water partition coefficient (Wildman–Crippen LogP) is 2.07. The van der Waals surface area contributed by atoms with Gasteiger partial charge in [0, 0.05) is 30.9 Å². The summed E-state index contributed by atoms with van der Waals surface area (Å²) in [7, 11) is 0. The Kier molecular flexibility index (Phi) is 4.15. The molecule has 2 N–H and O–H groups in total. The summed E-state index contributed by atoms with van der Waals surface area (Å²) in [5, 5.41) is 4.36. The molecule has 2 aromatic heterocycles. The predicted molar refractivity (Wildman–Crippen MR) is 72.1 cm³/mol. The molecule has 0 saturated carbocycles. The van der Waals surface area contributed by atoms with E-state index in [-0.39, 0.29) is 0 Å². The molecule has 1 atom stereocenters. The van der Waals surface area contributed by atoms with Gasteiger partial charge in [0.15, 0.2) is 0 Å². The molecule has 0 aliphatic rings. The lowest BCUT2D eigenvalue weighted by Crippen LogP contribution is -2.18. The lowest BCUT2D eigenvalue weighted by Gasteiger charge is -2.16. The van der Waals surface area contributed by atoms with E-state index in [1.165, 1.54) is 0 Å². The maximum atomic E-state index is 5.80. The highest BCUT2D eigenvalue weighted by Gasteiger charge is 2.13. The molecule has 0 bridgehead atoms. The van der Waals surface area contributed by atoms with Crippen LogP contribution in [-0.4, -0.2) is 25.9 Å². The number of aryl methyl sites for hydroxylation is 1. The minimum atomic E-state index is 0.303. The van der Waals surface area contributed by atoms with Crippen molar-refractivity contribution in [1.82, 2.24) is 19.3 Å². The van der Waals surface area contributed by atoms with E-state index in [0.717, 1.165) is 30.6 Å². The fourth-order valence-electron chi connectivity index (χ4n) is 2.14. The molecular formula is C13H21N5. The molecule has 1 unspecified atom stereocenters. The van der Waals surface area contributed by atoms with Crippen LogP contribution in [0.3, 0.4) is 0 Å². The zero-order valence-corrected chi connectivity index (χ0v) is 11.1. The summed E-state index contributed by atoms with van der Waals surface area (Å²) in [5.74, 6) is 0. The summed E-state index contributed by atoms with van der Waals surface area (Å²) in [4.78, 5) is 4.24. The average molecular weight is 247 g/mol. The number of rotatable bonds is 6.